The maximum absolute atomic E-state index is 12.4. The molecule has 0 atom stereocenters. The van der Waals surface area contributed by atoms with E-state index in [1.807, 2.05) is 32.0 Å². The van der Waals surface area contributed by atoms with Gasteiger partial charge in [0.05, 0.1) is 8.89 Å². The van der Waals surface area contributed by atoms with Gasteiger partial charge in [0.25, 0.3) is 5.91 Å². The molecule has 0 saturated carbocycles. The van der Waals surface area contributed by atoms with Gasteiger partial charge in [-0.1, -0.05) is 19.1 Å². The first-order chi connectivity index (χ1) is 10.1. The molecule has 21 heavy (non-hydrogen) atoms. The number of aryl methyl sites for hydroxylation is 3. The molecule has 0 aliphatic carbocycles. The van der Waals surface area contributed by atoms with E-state index in [1.54, 1.807) is 22.7 Å². The minimum absolute atomic E-state index is 0.0184. The summed E-state index contributed by atoms with van der Waals surface area (Å²) in [5.41, 5.74) is 3.13. The molecule has 1 aromatic carbocycles. The fraction of sp³-hybridized carbons (Fsp3) is 0.235. The molecule has 0 spiro atoms. The average Bonchev–Trinajstić information content (AvgIpc) is 3.00. The van der Waals surface area contributed by atoms with Crippen LogP contribution in [0.25, 0.3) is 9.40 Å². The zero-order chi connectivity index (χ0) is 15.0. The molecule has 0 aliphatic heterocycles. The standard InChI is InChI=1S/C17H17NOS2/c1-4-13-8-12-9-15(21-17(12)20-13)16(19)18-14-7-10(2)5-6-11(14)3/h5-9H,4H2,1-3H3,(H,18,19). The Bertz CT molecular complexity index is 782. The highest BCUT2D eigenvalue weighted by molar-refractivity contribution is 7.39. The highest BCUT2D eigenvalue weighted by Gasteiger charge is 2.13. The highest BCUT2D eigenvalue weighted by Crippen LogP contribution is 2.34. The number of anilines is 1. The molecular formula is C17H17NOS2. The second kappa shape index (κ2) is 5.62. The van der Waals surface area contributed by atoms with Crippen molar-refractivity contribution in [2.45, 2.75) is 27.2 Å². The summed E-state index contributed by atoms with van der Waals surface area (Å²) in [5.74, 6) is -0.0184. The molecule has 1 amide bonds. The normalized spacial score (nSPS) is 11.0. The fourth-order valence-corrected chi connectivity index (χ4v) is 4.56. The van der Waals surface area contributed by atoms with Gasteiger partial charge in [-0.15, -0.1) is 22.7 Å². The molecule has 0 radical (unpaired) electrons. The van der Waals surface area contributed by atoms with Crippen LogP contribution in [0.2, 0.25) is 0 Å². The molecule has 0 aliphatic rings. The van der Waals surface area contributed by atoms with Gasteiger partial charge in [0.2, 0.25) is 0 Å². The van der Waals surface area contributed by atoms with Gasteiger partial charge in [0.1, 0.15) is 0 Å². The van der Waals surface area contributed by atoms with Crippen LogP contribution in [0.1, 0.15) is 32.6 Å². The molecule has 0 bridgehead atoms. The number of amides is 1. The van der Waals surface area contributed by atoms with Crippen molar-refractivity contribution in [3.05, 3.63) is 51.2 Å². The van der Waals surface area contributed by atoms with E-state index in [4.69, 9.17) is 0 Å². The molecule has 0 unspecified atom stereocenters. The molecule has 108 valence electrons. The molecule has 3 rings (SSSR count). The van der Waals surface area contributed by atoms with Gasteiger partial charge < -0.3 is 5.32 Å². The van der Waals surface area contributed by atoms with Gasteiger partial charge in [-0.2, -0.15) is 0 Å². The topological polar surface area (TPSA) is 29.1 Å². The number of rotatable bonds is 3. The predicted molar refractivity (Wildman–Crippen MR) is 92.9 cm³/mol. The second-order valence-corrected chi connectivity index (χ2v) is 7.64. The second-order valence-electron chi connectivity index (χ2n) is 5.19. The SMILES string of the molecule is CCc1cc2cc(C(=O)Nc3cc(C)ccc3C)sc2s1. The van der Waals surface area contributed by atoms with Gasteiger partial charge >= 0.3 is 0 Å². The lowest BCUT2D eigenvalue weighted by Gasteiger charge is -2.08. The smallest absolute Gasteiger partial charge is 0.265 e. The predicted octanol–water partition coefficient (Wildman–Crippen LogP) is 5.39. The Morgan fingerprint density at radius 1 is 1.14 bits per heavy atom. The van der Waals surface area contributed by atoms with E-state index < -0.39 is 0 Å². The van der Waals surface area contributed by atoms with E-state index in [-0.39, 0.29) is 5.91 Å². The number of fused-ring (bicyclic) bond motifs is 1. The Balaban J connectivity index is 1.86. The molecule has 2 aromatic heterocycles. The van der Waals surface area contributed by atoms with Crippen molar-refractivity contribution in [3.63, 3.8) is 0 Å². The zero-order valence-corrected chi connectivity index (χ0v) is 14.0. The Kier molecular flexibility index (Phi) is 3.83. The minimum Gasteiger partial charge on any atom is -0.321 e. The highest BCUT2D eigenvalue weighted by atomic mass is 32.2. The van der Waals surface area contributed by atoms with Crippen LogP contribution in [-0.4, -0.2) is 5.91 Å². The van der Waals surface area contributed by atoms with E-state index in [0.29, 0.717) is 0 Å². The van der Waals surface area contributed by atoms with Crippen LogP contribution in [0.4, 0.5) is 5.69 Å². The molecule has 2 heterocycles. The van der Waals surface area contributed by atoms with Crippen molar-refractivity contribution in [2.24, 2.45) is 0 Å². The van der Waals surface area contributed by atoms with Gasteiger partial charge in [0, 0.05) is 16.0 Å². The lowest BCUT2D eigenvalue weighted by atomic mass is 10.1. The van der Waals surface area contributed by atoms with Gasteiger partial charge in [0.15, 0.2) is 0 Å². The summed E-state index contributed by atoms with van der Waals surface area (Å²) < 4.78 is 1.23. The molecule has 1 N–H and O–H groups in total. The molecule has 0 saturated heterocycles. The van der Waals surface area contributed by atoms with Crippen molar-refractivity contribution in [3.8, 4) is 0 Å². The summed E-state index contributed by atoms with van der Waals surface area (Å²) in [5, 5.41) is 4.21. The van der Waals surface area contributed by atoms with Crippen LogP contribution >= 0.6 is 22.7 Å². The Morgan fingerprint density at radius 3 is 2.67 bits per heavy atom. The first kappa shape index (κ1) is 14.3. The fourth-order valence-electron chi connectivity index (χ4n) is 2.23. The summed E-state index contributed by atoms with van der Waals surface area (Å²) in [6.45, 7) is 6.20. The van der Waals surface area contributed by atoms with Crippen molar-refractivity contribution < 1.29 is 4.79 Å². The number of thiophene rings is 2. The van der Waals surface area contributed by atoms with Gasteiger partial charge in [-0.3, -0.25) is 4.79 Å². The number of hydrogen-bond acceptors (Lipinski definition) is 3. The van der Waals surface area contributed by atoms with Crippen LogP contribution in [0.5, 0.6) is 0 Å². The van der Waals surface area contributed by atoms with Crippen LogP contribution in [0.15, 0.2) is 30.3 Å². The third kappa shape index (κ3) is 2.87. The first-order valence-electron chi connectivity index (χ1n) is 6.97. The van der Waals surface area contributed by atoms with Crippen molar-refractivity contribution >= 4 is 43.7 Å². The van der Waals surface area contributed by atoms with Crippen LogP contribution in [0, 0.1) is 13.8 Å². The van der Waals surface area contributed by atoms with E-state index >= 15 is 0 Å². The maximum Gasteiger partial charge on any atom is 0.265 e. The summed E-state index contributed by atoms with van der Waals surface area (Å²) >= 11 is 3.36. The number of nitrogens with one attached hydrogen (secondary N) is 1. The lowest BCUT2D eigenvalue weighted by Crippen LogP contribution is -2.11. The lowest BCUT2D eigenvalue weighted by molar-refractivity contribution is 0.103. The molecule has 3 aromatic rings. The largest absolute Gasteiger partial charge is 0.321 e. The summed E-state index contributed by atoms with van der Waals surface area (Å²) in [6, 6.07) is 10.3. The van der Waals surface area contributed by atoms with E-state index in [2.05, 4.69) is 24.4 Å². The van der Waals surface area contributed by atoms with E-state index in [9.17, 15) is 4.79 Å². The molecule has 4 heteroatoms. The third-order valence-electron chi connectivity index (χ3n) is 3.48. The van der Waals surface area contributed by atoms with Crippen molar-refractivity contribution in [1.82, 2.24) is 0 Å². The molecule has 2 nitrogen and oxygen atoms in total. The minimum atomic E-state index is -0.0184. The quantitative estimate of drug-likeness (QED) is 0.689. The van der Waals surface area contributed by atoms with Gasteiger partial charge in [-0.25, -0.2) is 0 Å². The number of hydrogen-bond donors (Lipinski definition) is 1. The summed E-state index contributed by atoms with van der Waals surface area (Å²) in [6.07, 6.45) is 1.05. The Morgan fingerprint density at radius 2 is 1.95 bits per heavy atom. The summed E-state index contributed by atoms with van der Waals surface area (Å²) in [4.78, 5) is 14.6. The van der Waals surface area contributed by atoms with Gasteiger partial charge in [-0.05, 0) is 49.6 Å². The summed E-state index contributed by atoms with van der Waals surface area (Å²) in [7, 11) is 0. The first-order valence-corrected chi connectivity index (χ1v) is 8.61. The number of carbonyl (C=O) groups is 1. The maximum atomic E-state index is 12.4. The van der Waals surface area contributed by atoms with Crippen molar-refractivity contribution in [1.29, 1.82) is 0 Å². The van der Waals surface area contributed by atoms with Crippen molar-refractivity contribution in [2.75, 3.05) is 5.32 Å². The van der Waals surface area contributed by atoms with E-state index in [0.717, 1.165) is 28.1 Å². The zero-order valence-electron chi connectivity index (χ0n) is 12.3. The number of benzene rings is 1. The molecular weight excluding hydrogens is 298 g/mol. The van der Waals surface area contributed by atoms with E-state index in [1.165, 1.54) is 14.3 Å². The van der Waals surface area contributed by atoms with Crippen LogP contribution < -0.4 is 5.32 Å². The number of carbonyl (C=O) groups excluding carboxylic acids is 1. The van der Waals surface area contributed by atoms with Crippen LogP contribution in [-0.2, 0) is 6.42 Å². The van der Waals surface area contributed by atoms with Crippen LogP contribution in [0.3, 0.4) is 0 Å². The Hall–Kier alpha value is -1.65. The average molecular weight is 315 g/mol. The third-order valence-corrected chi connectivity index (χ3v) is 6.01. The Labute approximate surface area is 132 Å². The monoisotopic (exact) mass is 315 g/mol. The molecule has 0 fully saturated rings.